The fourth-order valence-corrected chi connectivity index (χ4v) is 7.50. The second kappa shape index (κ2) is 49.7. The largest absolute Gasteiger partial charge is 0.479 e. The lowest BCUT2D eigenvalue weighted by molar-refractivity contribution is -0.301. The van der Waals surface area contributed by atoms with E-state index in [-0.39, 0.29) is 25.9 Å². The molecule has 12 nitrogen and oxygen atoms in total. The zero-order valence-electron chi connectivity index (χ0n) is 46.0. The van der Waals surface area contributed by atoms with Crippen LogP contribution in [0.5, 0.6) is 0 Å². The molecule has 420 valence electrons. The molecule has 0 aromatic carbocycles. The van der Waals surface area contributed by atoms with E-state index in [9.17, 15) is 34.5 Å². The first-order chi connectivity index (χ1) is 36.6. The van der Waals surface area contributed by atoms with Crippen LogP contribution in [0.3, 0.4) is 0 Å². The predicted molar refractivity (Wildman–Crippen MR) is 303 cm³/mol. The number of hydrogen-bond acceptors (Lipinski definition) is 11. The van der Waals surface area contributed by atoms with Crippen molar-refractivity contribution in [3.63, 3.8) is 0 Å². The number of esters is 3. The third-order valence-electron chi connectivity index (χ3n) is 11.7. The zero-order chi connectivity index (χ0) is 54.7. The first kappa shape index (κ1) is 67.9. The Labute approximate surface area is 451 Å². The van der Waals surface area contributed by atoms with Crippen LogP contribution in [-0.2, 0) is 42.9 Å². The van der Waals surface area contributed by atoms with Gasteiger partial charge in [-0.15, -0.1) is 0 Å². The Hall–Kier alpha value is -5.14. The number of aliphatic hydroxyl groups is 2. The van der Waals surface area contributed by atoms with Crippen LogP contribution in [0.25, 0.3) is 0 Å². The highest BCUT2D eigenvalue weighted by Crippen LogP contribution is 2.26. The molecular formula is C63H96O12. The van der Waals surface area contributed by atoms with Gasteiger partial charge in [-0.25, -0.2) is 4.79 Å². The van der Waals surface area contributed by atoms with Gasteiger partial charge in [0.15, 0.2) is 24.6 Å². The minimum absolute atomic E-state index is 0.0237. The van der Waals surface area contributed by atoms with Gasteiger partial charge >= 0.3 is 23.9 Å². The lowest BCUT2D eigenvalue weighted by Crippen LogP contribution is -2.61. The van der Waals surface area contributed by atoms with Crippen LogP contribution >= 0.6 is 0 Å². The number of carboxylic acid groups (broad SMARTS) is 1. The van der Waals surface area contributed by atoms with Crippen LogP contribution in [0, 0.1) is 0 Å². The number of aliphatic carboxylic acids is 1. The van der Waals surface area contributed by atoms with E-state index in [2.05, 4.69) is 136 Å². The molecule has 0 bridgehead atoms. The molecule has 1 fully saturated rings. The van der Waals surface area contributed by atoms with Crippen molar-refractivity contribution in [3.8, 4) is 0 Å². The SMILES string of the molecule is CC/C=C\C/C=C\C/C=C\C/C=C\CCCCC(=O)OCC(COC1OC(C(=O)O)C(O)C(O)C1OC(=O)CCCCCCCCC/C=C\C/C=C\C/C=C\CC)OC(=O)CC/C=C\C/C=C\C/C=C\C/C=C\CC. The number of carbonyl (C=O) groups excluding carboxylic acids is 3. The molecular weight excluding hydrogens is 949 g/mol. The molecule has 75 heavy (non-hydrogen) atoms. The van der Waals surface area contributed by atoms with Crippen molar-refractivity contribution in [1.29, 1.82) is 0 Å². The number of aliphatic hydroxyl groups excluding tert-OH is 2. The number of ether oxygens (including phenoxy) is 5. The molecule has 0 amide bonds. The van der Waals surface area contributed by atoms with Crippen LogP contribution in [0.4, 0.5) is 0 Å². The van der Waals surface area contributed by atoms with E-state index >= 15 is 0 Å². The Morgan fingerprint density at radius 1 is 0.440 bits per heavy atom. The van der Waals surface area contributed by atoms with Crippen molar-refractivity contribution in [1.82, 2.24) is 0 Å². The maximum atomic E-state index is 13.1. The van der Waals surface area contributed by atoms with Crippen LogP contribution in [0.15, 0.2) is 134 Å². The molecule has 6 unspecified atom stereocenters. The molecule has 0 saturated carbocycles. The lowest BCUT2D eigenvalue weighted by Gasteiger charge is -2.40. The van der Waals surface area contributed by atoms with Crippen molar-refractivity contribution in [2.45, 2.75) is 225 Å². The second-order valence-corrected chi connectivity index (χ2v) is 18.4. The van der Waals surface area contributed by atoms with Gasteiger partial charge in [0.25, 0.3) is 0 Å². The van der Waals surface area contributed by atoms with Gasteiger partial charge in [-0.05, 0) is 116 Å². The number of allylic oxidation sites excluding steroid dienone is 22. The molecule has 0 radical (unpaired) electrons. The van der Waals surface area contributed by atoms with Gasteiger partial charge in [-0.2, -0.15) is 0 Å². The second-order valence-electron chi connectivity index (χ2n) is 18.4. The lowest BCUT2D eigenvalue weighted by atomic mass is 9.98. The molecule has 1 rings (SSSR count). The third-order valence-corrected chi connectivity index (χ3v) is 11.7. The Kier molecular flexibility index (Phi) is 45.0. The van der Waals surface area contributed by atoms with Crippen LogP contribution < -0.4 is 0 Å². The minimum atomic E-state index is -1.93. The molecule has 3 N–H and O–H groups in total. The average molecular weight is 1050 g/mol. The normalized spacial score (nSPS) is 19.2. The van der Waals surface area contributed by atoms with Crippen LogP contribution in [0.1, 0.15) is 188 Å². The van der Waals surface area contributed by atoms with E-state index in [1.807, 2.05) is 18.2 Å². The number of unbranched alkanes of at least 4 members (excludes halogenated alkanes) is 9. The van der Waals surface area contributed by atoms with Crippen molar-refractivity contribution >= 4 is 23.9 Å². The molecule has 1 aliphatic rings. The number of carboxylic acids is 1. The van der Waals surface area contributed by atoms with E-state index in [4.69, 9.17) is 23.7 Å². The highest BCUT2D eigenvalue weighted by atomic mass is 16.7. The van der Waals surface area contributed by atoms with Crippen molar-refractivity contribution < 1.29 is 58.2 Å². The molecule has 12 heteroatoms. The van der Waals surface area contributed by atoms with Gasteiger partial charge in [0.05, 0.1) is 6.61 Å². The Morgan fingerprint density at radius 3 is 1.29 bits per heavy atom. The zero-order valence-corrected chi connectivity index (χ0v) is 46.0. The fourth-order valence-electron chi connectivity index (χ4n) is 7.50. The van der Waals surface area contributed by atoms with Gasteiger partial charge in [-0.1, -0.05) is 187 Å². The molecule has 0 spiro atoms. The first-order valence-electron chi connectivity index (χ1n) is 28.2. The van der Waals surface area contributed by atoms with Gasteiger partial charge in [-0.3, -0.25) is 14.4 Å². The van der Waals surface area contributed by atoms with E-state index in [0.717, 1.165) is 122 Å². The maximum Gasteiger partial charge on any atom is 0.335 e. The van der Waals surface area contributed by atoms with Gasteiger partial charge in [0.2, 0.25) is 0 Å². The monoisotopic (exact) mass is 1040 g/mol. The standard InChI is InChI=1S/C63H96O12/c1-4-7-10-13-16-19-22-25-27-28-30-33-36-39-42-45-48-51-57(66)74-61-59(68)58(67)60(62(69)70)75-63(61)72-53-54(73-56(65)50-47-44-41-38-35-31-24-21-18-15-12-9-6-3)52-71-55(64)49-46-43-40-37-34-32-29-26-23-20-17-14-11-8-5-2/h7-12,16-21,25-27,29,31,34-35,37,41,44,54,58-61,63,67-68H,4-6,13-15,22-24,28,30,32-33,36,38-40,42-43,45-53H2,1-3H3,(H,69,70)/b10-7-,11-8-,12-9-,19-16-,20-17-,21-18-,27-25-,29-26-,35-31-,37-34-,44-41-. The van der Waals surface area contributed by atoms with Crippen molar-refractivity contribution in [3.05, 3.63) is 134 Å². The van der Waals surface area contributed by atoms with E-state index in [1.54, 1.807) is 0 Å². The summed E-state index contributed by atoms with van der Waals surface area (Å²) in [6.45, 7) is 5.52. The summed E-state index contributed by atoms with van der Waals surface area (Å²) in [4.78, 5) is 51.0. The van der Waals surface area contributed by atoms with E-state index < -0.39 is 67.3 Å². The number of rotatable bonds is 45. The van der Waals surface area contributed by atoms with Crippen LogP contribution in [-0.4, -0.2) is 89.2 Å². The molecule has 0 aromatic rings. The van der Waals surface area contributed by atoms with Gasteiger partial charge < -0.3 is 39.0 Å². The summed E-state index contributed by atoms with van der Waals surface area (Å²) in [6.07, 6.45) is 57.3. The highest BCUT2D eigenvalue weighted by molar-refractivity contribution is 5.74. The van der Waals surface area contributed by atoms with E-state index in [1.165, 1.54) is 0 Å². The third kappa shape index (κ3) is 39.9. The fraction of sp³-hybridized carbons (Fsp3) is 0.587. The Balaban J connectivity index is 2.77. The average Bonchev–Trinajstić information content (AvgIpc) is 3.39. The first-order valence-corrected chi connectivity index (χ1v) is 28.2. The Bertz CT molecular complexity index is 1810. The highest BCUT2D eigenvalue weighted by Gasteiger charge is 2.50. The minimum Gasteiger partial charge on any atom is -0.479 e. The number of hydrogen-bond donors (Lipinski definition) is 3. The number of carbonyl (C=O) groups is 4. The molecule has 1 heterocycles. The Morgan fingerprint density at radius 2 is 0.827 bits per heavy atom. The summed E-state index contributed by atoms with van der Waals surface area (Å²) in [5.41, 5.74) is 0. The molecule has 0 aliphatic carbocycles. The van der Waals surface area contributed by atoms with Gasteiger partial charge in [0, 0.05) is 19.3 Å². The van der Waals surface area contributed by atoms with Crippen molar-refractivity contribution in [2.24, 2.45) is 0 Å². The topological polar surface area (TPSA) is 175 Å². The predicted octanol–water partition coefficient (Wildman–Crippen LogP) is 14.2. The van der Waals surface area contributed by atoms with E-state index in [0.29, 0.717) is 25.7 Å². The summed E-state index contributed by atoms with van der Waals surface area (Å²) in [7, 11) is 0. The van der Waals surface area contributed by atoms with Crippen LogP contribution in [0.2, 0.25) is 0 Å². The van der Waals surface area contributed by atoms with Gasteiger partial charge in [0.1, 0.15) is 18.8 Å². The summed E-state index contributed by atoms with van der Waals surface area (Å²) in [6, 6.07) is 0. The summed E-state index contributed by atoms with van der Waals surface area (Å²) < 4.78 is 28.2. The molecule has 0 aromatic heterocycles. The molecule has 6 atom stereocenters. The molecule has 1 aliphatic heterocycles. The summed E-state index contributed by atoms with van der Waals surface area (Å²) >= 11 is 0. The smallest absolute Gasteiger partial charge is 0.335 e. The summed E-state index contributed by atoms with van der Waals surface area (Å²) in [5, 5.41) is 31.4. The van der Waals surface area contributed by atoms with Crippen molar-refractivity contribution in [2.75, 3.05) is 13.2 Å². The molecule has 1 saturated heterocycles. The summed E-state index contributed by atoms with van der Waals surface area (Å²) in [5.74, 6) is -3.32. The maximum absolute atomic E-state index is 13.1. The quantitative estimate of drug-likeness (QED) is 0.0228.